The standard InChI is InChI=1S/C19H20N2O5/c1-11-5-6-14(9-12(11)2)18(22)13(3)26-19(23)15-7-8-16(20-4)17(10-15)21(24)25/h5-10,13,20H,1-4H3. The number of nitro groups is 1. The minimum atomic E-state index is -1.01. The van der Waals surface area contributed by atoms with Crippen LogP contribution in [0.3, 0.4) is 0 Å². The van der Waals surface area contributed by atoms with Crippen molar-refractivity contribution in [1.29, 1.82) is 0 Å². The van der Waals surface area contributed by atoms with Crippen molar-refractivity contribution < 1.29 is 19.2 Å². The van der Waals surface area contributed by atoms with E-state index in [9.17, 15) is 19.7 Å². The summed E-state index contributed by atoms with van der Waals surface area (Å²) in [6.45, 7) is 5.31. The molecule has 26 heavy (non-hydrogen) atoms. The molecule has 0 radical (unpaired) electrons. The Morgan fingerprint density at radius 3 is 2.31 bits per heavy atom. The van der Waals surface area contributed by atoms with E-state index in [0.717, 1.165) is 17.2 Å². The van der Waals surface area contributed by atoms with Crippen LogP contribution in [0.2, 0.25) is 0 Å². The van der Waals surface area contributed by atoms with Gasteiger partial charge in [0.05, 0.1) is 10.5 Å². The number of benzene rings is 2. The first-order chi connectivity index (χ1) is 12.2. The number of nitrogens with one attached hydrogen (secondary N) is 1. The molecule has 7 nitrogen and oxygen atoms in total. The van der Waals surface area contributed by atoms with Gasteiger partial charge in [0.25, 0.3) is 5.69 Å². The number of nitro benzene ring substituents is 1. The van der Waals surface area contributed by atoms with Gasteiger partial charge in [-0.1, -0.05) is 12.1 Å². The Balaban J connectivity index is 2.18. The number of nitrogens with zero attached hydrogens (tertiary/aromatic N) is 1. The first-order valence-electron chi connectivity index (χ1n) is 8.03. The van der Waals surface area contributed by atoms with Crippen molar-refractivity contribution in [2.45, 2.75) is 26.9 Å². The van der Waals surface area contributed by atoms with Gasteiger partial charge in [-0.2, -0.15) is 0 Å². The molecule has 0 spiro atoms. The molecule has 2 aromatic carbocycles. The highest BCUT2D eigenvalue weighted by Crippen LogP contribution is 2.25. The van der Waals surface area contributed by atoms with Crippen LogP contribution >= 0.6 is 0 Å². The average molecular weight is 356 g/mol. The summed E-state index contributed by atoms with van der Waals surface area (Å²) in [5.74, 6) is -1.12. The minimum absolute atomic E-state index is 0.00966. The molecule has 0 bridgehead atoms. The molecule has 0 heterocycles. The summed E-state index contributed by atoms with van der Waals surface area (Å²) >= 11 is 0. The Bertz CT molecular complexity index is 876. The van der Waals surface area contributed by atoms with Crippen molar-refractivity contribution in [3.8, 4) is 0 Å². The summed E-state index contributed by atoms with van der Waals surface area (Å²) in [5, 5.41) is 13.8. The van der Waals surface area contributed by atoms with Crippen LogP contribution in [0.15, 0.2) is 36.4 Å². The molecule has 2 aromatic rings. The average Bonchev–Trinajstić information content (AvgIpc) is 2.62. The third-order valence-electron chi connectivity index (χ3n) is 4.14. The van der Waals surface area contributed by atoms with Crippen LogP contribution in [0.25, 0.3) is 0 Å². The molecule has 1 unspecified atom stereocenters. The van der Waals surface area contributed by atoms with E-state index in [-0.39, 0.29) is 22.7 Å². The lowest BCUT2D eigenvalue weighted by Gasteiger charge is -2.13. The summed E-state index contributed by atoms with van der Waals surface area (Å²) < 4.78 is 5.20. The fourth-order valence-electron chi connectivity index (χ4n) is 2.43. The molecule has 0 saturated heterocycles. The lowest BCUT2D eigenvalue weighted by atomic mass is 10.0. The number of hydrogen-bond acceptors (Lipinski definition) is 6. The summed E-state index contributed by atoms with van der Waals surface area (Å²) in [7, 11) is 1.55. The van der Waals surface area contributed by atoms with E-state index in [0.29, 0.717) is 5.56 Å². The fourth-order valence-corrected chi connectivity index (χ4v) is 2.43. The second kappa shape index (κ2) is 7.77. The number of ether oxygens (including phenoxy) is 1. The molecule has 0 aliphatic rings. The Hall–Kier alpha value is -3.22. The largest absolute Gasteiger partial charge is 0.451 e. The maximum Gasteiger partial charge on any atom is 0.339 e. The number of carbonyl (C=O) groups is 2. The molecule has 0 aliphatic heterocycles. The van der Waals surface area contributed by atoms with E-state index in [1.54, 1.807) is 19.2 Å². The third-order valence-corrected chi connectivity index (χ3v) is 4.14. The molecule has 1 atom stereocenters. The van der Waals surface area contributed by atoms with Crippen molar-refractivity contribution in [3.63, 3.8) is 0 Å². The normalized spacial score (nSPS) is 11.5. The number of carbonyl (C=O) groups excluding carboxylic acids is 2. The highest BCUT2D eigenvalue weighted by molar-refractivity contribution is 6.01. The maximum atomic E-state index is 12.5. The zero-order valence-corrected chi connectivity index (χ0v) is 15.0. The second-order valence-electron chi connectivity index (χ2n) is 5.95. The monoisotopic (exact) mass is 356 g/mol. The van der Waals surface area contributed by atoms with Crippen LogP contribution in [0.1, 0.15) is 38.8 Å². The van der Waals surface area contributed by atoms with E-state index in [1.165, 1.54) is 19.1 Å². The lowest BCUT2D eigenvalue weighted by Crippen LogP contribution is -2.24. The number of hydrogen-bond donors (Lipinski definition) is 1. The molecular formula is C19H20N2O5. The molecule has 0 aliphatic carbocycles. The molecule has 0 fully saturated rings. The van der Waals surface area contributed by atoms with Crippen LogP contribution < -0.4 is 5.32 Å². The van der Waals surface area contributed by atoms with E-state index in [2.05, 4.69) is 5.32 Å². The number of rotatable bonds is 6. The molecule has 2 rings (SSSR count). The highest BCUT2D eigenvalue weighted by Gasteiger charge is 2.23. The van der Waals surface area contributed by atoms with Gasteiger partial charge in [0.15, 0.2) is 6.10 Å². The first-order valence-corrected chi connectivity index (χ1v) is 8.03. The maximum absolute atomic E-state index is 12.5. The van der Waals surface area contributed by atoms with Crippen molar-refractivity contribution in [2.24, 2.45) is 0 Å². The van der Waals surface area contributed by atoms with Crippen LogP contribution in [0, 0.1) is 24.0 Å². The van der Waals surface area contributed by atoms with Gasteiger partial charge < -0.3 is 10.1 Å². The smallest absolute Gasteiger partial charge is 0.339 e. The van der Waals surface area contributed by atoms with Crippen LogP contribution in [0.5, 0.6) is 0 Å². The molecule has 1 N–H and O–H groups in total. The quantitative estimate of drug-likeness (QED) is 0.367. The molecule has 0 amide bonds. The van der Waals surface area contributed by atoms with Gasteiger partial charge in [0.2, 0.25) is 5.78 Å². The van der Waals surface area contributed by atoms with Gasteiger partial charge >= 0.3 is 5.97 Å². The zero-order valence-electron chi connectivity index (χ0n) is 15.0. The van der Waals surface area contributed by atoms with Crippen molar-refractivity contribution in [2.75, 3.05) is 12.4 Å². The summed E-state index contributed by atoms with van der Waals surface area (Å²) in [4.78, 5) is 35.2. The Morgan fingerprint density at radius 1 is 1.08 bits per heavy atom. The zero-order chi connectivity index (χ0) is 19.4. The Morgan fingerprint density at radius 2 is 1.73 bits per heavy atom. The van der Waals surface area contributed by atoms with Crippen LogP contribution in [0.4, 0.5) is 11.4 Å². The lowest BCUT2D eigenvalue weighted by molar-refractivity contribution is -0.384. The van der Waals surface area contributed by atoms with Gasteiger partial charge in [-0.3, -0.25) is 14.9 Å². The van der Waals surface area contributed by atoms with Gasteiger partial charge in [-0.15, -0.1) is 0 Å². The fraction of sp³-hybridized carbons (Fsp3) is 0.263. The molecular weight excluding hydrogens is 336 g/mol. The molecule has 7 heteroatoms. The van der Waals surface area contributed by atoms with Crippen molar-refractivity contribution >= 4 is 23.1 Å². The van der Waals surface area contributed by atoms with Crippen molar-refractivity contribution in [1.82, 2.24) is 0 Å². The number of anilines is 1. The molecule has 0 aromatic heterocycles. The summed E-state index contributed by atoms with van der Waals surface area (Å²) in [6.07, 6.45) is -1.01. The van der Waals surface area contributed by atoms with E-state index in [1.807, 2.05) is 19.9 Å². The summed E-state index contributed by atoms with van der Waals surface area (Å²) in [5.41, 5.74) is 2.53. The van der Waals surface area contributed by atoms with Crippen LogP contribution in [-0.4, -0.2) is 29.8 Å². The highest BCUT2D eigenvalue weighted by atomic mass is 16.6. The third kappa shape index (κ3) is 4.05. The minimum Gasteiger partial charge on any atom is -0.451 e. The van der Waals surface area contributed by atoms with E-state index >= 15 is 0 Å². The summed E-state index contributed by atoms with van der Waals surface area (Å²) in [6, 6.07) is 9.22. The predicted octanol–water partition coefficient (Wildman–Crippen LogP) is 3.68. The topological polar surface area (TPSA) is 98.5 Å². The molecule has 0 saturated carbocycles. The number of aryl methyl sites for hydroxylation is 2. The van der Waals surface area contributed by atoms with Gasteiger partial charge in [-0.25, -0.2) is 4.79 Å². The van der Waals surface area contributed by atoms with Crippen LogP contribution in [-0.2, 0) is 4.74 Å². The van der Waals surface area contributed by atoms with Crippen molar-refractivity contribution in [3.05, 3.63) is 68.8 Å². The van der Waals surface area contributed by atoms with Gasteiger partial charge in [0, 0.05) is 18.7 Å². The Kier molecular flexibility index (Phi) is 5.71. The second-order valence-corrected chi connectivity index (χ2v) is 5.95. The number of Topliss-reactive ketones (excluding diaryl/α,β-unsaturated/α-hetero) is 1. The number of ketones is 1. The SMILES string of the molecule is CNc1ccc(C(=O)OC(C)C(=O)c2ccc(C)c(C)c2)cc1[N+](=O)[O-]. The Labute approximate surface area is 151 Å². The first kappa shape index (κ1) is 19.1. The predicted molar refractivity (Wildman–Crippen MR) is 97.8 cm³/mol. The van der Waals surface area contributed by atoms with Gasteiger partial charge in [-0.05, 0) is 50.1 Å². The molecule has 136 valence electrons. The van der Waals surface area contributed by atoms with E-state index < -0.39 is 17.0 Å². The number of esters is 1. The van der Waals surface area contributed by atoms with Gasteiger partial charge in [0.1, 0.15) is 5.69 Å². The van der Waals surface area contributed by atoms with E-state index in [4.69, 9.17) is 4.74 Å².